The molecule has 19 heavy (non-hydrogen) atoms. The minimum atomic E-state index is -0.512. The van der Waals surface area contributed by atoms with Crippen LogP contribution in [0.2, 0.25) is 0 Å². The van der Waals surface area contributed by atoms with Gasteiger partial charge in [0.25, 0.3) is 5.69 Å². The van der Waals surface area contributed by atoms with Crippen LogP contribution in [0.5, 0.6) is 0 Å². The number of carbonyl (C=O) groups is 1. The first-order chi connectivity index (χ1) is 8.93. The van der Waals surface area contributed by atoms with Gasteiger partial charge in [0.2, 0.25) is 5.91 Å². The van der Waals surface area contributed by atoms with Gasteiger partial charge in [-0.25, -0.2) is 0 Å². The number of rotatable bonds is 7. The van der Waals surface area contributed by atoms with Gasteiger partial charge in [-0.3, -0.25) is 14.9 Å². The fourth-order valence-corrected chi connectivity index (χ4v) is 1.74. The molecule has 0 aromatic heterocycles. The first-order valence-corrected chi connectivity index (χ1v) is 6.02. The Morgan fingerprint density at radius 2 is 2.11 bits per heavy atom. The molecular weight excluding hydrogens is 248 g/mol. The highest BCUT2D eigenvalue weighted by molar-refractivity contribution is 5.80. The molecule has 0 saturated heterocycles. The van der Waals surface area contributed by atoms with Gasteiger partial charge in [-0.05, 0) is 12.5 Å². The second-order valence-electron chi connectivity index (χ2n) is 4.28. The van der Waals surface area contributed by atoms with E-state index in [-0.39, 0.29) is 17.9 Å². The predicted molar refractivity (Wildman–Crippen MR) is 73.8 cm³/mol. The van der Waals surface area contributed by atoms with E-state index >= 15 is 0 Å². The Morgan fingerprint density at radius 3 is 2.63 bits per heavy atom. The SMILES string of the molecule is CCCCN(CC(N)=O)c1cc(N)cc([N+](=O)[O-])c1. The molecular formula is C12H18N4O3. The van der Waals surface area contributed by atoms with Crippen molar-refractivity contribution in [1.29, 1.82) is 0 Å². The van der Waals surface area contributed by atoms with E-state index in [4.69, 9.17) is 11.5 Å². The van der Waals surface area contributed by atoms with Gasteiger partial charge in [0.15, 0.2) is 0 Å². The van der Waals surface area contributed by atoms with Crippen molar-refractivity contribution in [2.45, 2.75) is 19.8 Å². The number of nitro benzene ring substituents is 1. The number of nitrogens with two attached hydrogens (primary N) is 2. The number of benzene rings is 1. The monoisotopic (exact) mass is 266 g/mol. The third kappa shape index (κ3) is 4.46. The molecule has 7 heteroatoms. The zero-order chi connectivity index (χ0) is 14.4. The maximum absolute atomic E-state index is 11.1. The van der Waals surface area contributed by atoms with E-state index in [1.807, 2.05) is 6.92 Å². The van der Waals surface area contributed by atoms with Gasteiger partial charge in [-0.1, -0.05) is 13.3 Å². The van der Waals surface area contributed by atoms with Crippen LogP contribution in [0.1, 0.15) is 19.8 Å². The minimum absolute atomic E-state index is 0.0145. The summed E-state index contributed by atoms with van der Waals surface area (Å²) in [6, 6.07) is 4.28. The van der Waals surface area contributed by atoms with Crippen molar-refractivity contribution in [2.24, 2.45) is 5.73 Å². The highest BCUT2D eigenvalue weighted by atomic mass is 16.6. The topological polar surface area (TPSA) is 115 Å². The molecule has 1 aromatic rings. The second kappa shape index (κ2) is 6.58. The molecule has 0 bridgehead atoms. The number of anilines is 2. The lowest BCUT2D eigenvalue weighted by molar-refractivity contribution is -0.384. The van der Waals surface area contributed by atoms with Crippen molar-refractivity contribution in [2.75, 3.05) is 23.7 Å². The molecule has 0 fully saturated rings. The third-order valence-corrected chi connectivity index (χ3v) is 2.63. The standard InChI is InChI=1S/C12H18N4O3/c1-2-3-4-15(8-12(14)17)10-5-9(13)6-11(7-10)16(18)19/h5-7H,2-4,8,13H2,1H3,(H2,14,17). The highest BCUT2D eigenvalue weighted by Gasteiger charge is 2.14. The molecule has 0 aliphatic carbocycles. The molecule has 7 nitrogen and oxygen atoms in total. The maximum atomic E-state index is 11.1. The van der Waals surface area contributed by atoms with Gasteiger partial charge in [0.1, 0.15) is 0 Å². The number of unbranched alkanes of at least 4 members (excludes halogenated alkanes) is 1. The molecule has 0 radical (unpaired) electrons. The average Bonchev–Trinajstić information content (AvgIpc) is 2.33. The molecule has 0 saturated carbocycles. The lowest BCUT2D eigenvalue weighted by Gasteiger charge is -2.23. The number of non-ortho nitro benzene ring substituents is 1. The first kappa shape index (κ1) is 14.7. The van der Waals surface area contributed by atoms with Crippen LogP contribution in [0, 0.1) is 10.1 Å². The summed E-state index contributed by atoms with van der Waals surface area (Å²) in [6.07, 6.45) is 1.80. The molecule has 1 rings (SSSR count). The van der Waals surface area contributed by atoms with Gasteiger partial charge in [-0.15, -0.1) is 0 Å². The normalized spacial score (nSPS) is 10.2. The zero-order valence-electron chi connectivity index (χ0n) is 10.8. The molecule has 0 heterocycles. The van der Waals surface area contributed by atoms with E-state index in [0.717, 1.165) is 12.8 Å². The number of primary amides is 1. The van der Waals surface area contributed by atoms with Crippen LogP contribution < -0.4 is 16.4 Å². The minimum Gasteiger partial charge on any atom is -0.398 e. The van der Waals surface area contributed by atoms with E-state index in [9.17, 15) is 14.9 Å². The molecule has 0 aliphatic rings. The fraction of sp³-hybridized carbons (Fsp3) is 0.417. The Balaban J connectivity index is 3.05. The van der Waals surface area contributed by atoms with Crippen LogP contribution in [0.3, 0.4) is 0 Å². The summed E-state index contributed by atoms with van der Waals surface area (Å²) >= 11 is 0. The van der Waals surface area contributed by atoms with Crippen LogP contribution >= 0.6 is 0 Å². The summed E-state index contributed by atoms with van der Waals surface area (Å²) in [5.41, 5.74) is 11.6. The number of hydrogen-bond donors (Lipinski definition) is 2. The zero-order valence-corrected chi connectivity index (χ0v) is 10.8. The Kier molecular flexibility index (Phi) is 5.11. The number of carbonyl (C=O) groups excluding carboxylic acids is 1. The van der Waals surface area contributed by atoms with Crippen LogP contribution in [0.25, 0.3) is 0 Å². The van der Waals surface area contributed by atoms with Gasteiger partial charge in [0.05, 0.1) is 11.5 Å². The van der Waals surface area contributed by atoms with Crippen molar-refractivity contribution in [3.05, 3.63) is 28.3 Å². The van der Waals surface area contributed by atoms with Gasteiger partial charge in [-0.2, -0.15) is 0 Å². The van der Waals surface area contributed by atoms with E-state index in [1.54, 1.807) is 11.0 Å². The molecule has 1 aromatic carbocycles. The number of hydrogen-bond acceptors (Lipinski definition) is 5. The molecule has 1 amide bonds. The van der Waals surface area contributed by atoms with E-state index < -0.39 is 10.8 Å². The fourth-order valence-electron chi connectivity index (χ4n) is 1.74. The van der Waals surface area contributed by atoms with E-state index in [1.165, 1.54) is 12.1 Å². The lowest BCUT2D eigenvalue weighted by Crippen LogP contribution is -2.34. The van der Waals surface area contributed by atoms with Gasteiger partial charge >= 0.3 is 0 Å². The third-order valence-electron chi connectivity index (χ3n) is 2.63. The summed E-state index contributed by atoms with van der Waals surface area (Å²) in [5.74, 6) is -0.485. The van der Waals surface area contributed by atoms with Gasteiger partial charge in [0, 0.05) is 30.1 Å². The highest BCUT2D eigenvalue weighted by Crippen LogP contribution is 2.25. The molecule has 0 aliphatic heterocycles. The number of nitrogens with zero attached hydrogens (tertiary/aromatic N) is 2. The number of nitrogen functional groups attached to an aromatic ring is 1. The van der Waals surface area contributed by atoms with Gasteiger partial charge < -0.3 is 16.4 Å². The predicted octanol–water partition coefficient (Wildman–Crippen LogP) is 1.27. The molecule has 0 atom stereocenters. The second-order valence-corrected chi connectivity index (χ2v) is 4.28. The summed E-state index contributed by atoms with van der Waals surface area (Å²) < 4.78 is 0. The summed E-state index contributed by atoms with van der Waals surface area (Å²) in [5, 5.41) is 10.8. The smallest absolute Gasteiger partial charge is 0.273 e. The lowest BCUT2D eigenvalue weighted by atomic mass is 10.2. The van der Waals surface area contributed by atoms with Crippen LogP contribution in [0.15, 0.2) is 18.2 Å². The van der Waals surface area contributed by atoms with Crippen molar-refractivity contribution < 1.29 is 9.72 Å². The van der Waals surface area contributed by atoms with Crippen LogP contribution in [-0.2, 0) is 4.79 Å². The van der Waals surface area contributed by atoms with E-state index in [2.05, 4.69) is 0 Å². The molecule has 4 N–H and O–H groups in total. The van der Waals surface area contributed by atoms with Crippen molar-refractivity contribution >= 4 is 23.0 Å². The number of nitro groups is 1. The Bertz CT molecular complexity index is 476. The maximum Gasteiger partial charge on any atom is 0.273 e. The molecule has 0 unspecified atom stereocenters. The Hall–Kier alpha value is -2.31. The average molecular weight is 266 g/mol. The van der Waals surface area contributed by atoms with Crippen molar-refractivity contribution in [3.8, 4) is 0 Å². The Morgan fingerprint density at radius 1 is 1.42 bits per heavy atom. The van der Waals surface area contributed by atoms with Crippen molar-refractivity contribution in [1.82, 2.24) is 0 Å². The Labute approximate surface area is 111 Å². The molecule has 0 spiro atoms. The van der Waals surface area contributed by atoms with Crippen molar-refractivity contribution in [3.63, 3.8) is 0 Å². The summed E-state index contributed by atoms with van der Waals surface area (Å²) in [6.45, 7) is 2.63. The summed E-state index contributed by atoms with van der Waals surface area (Å²) in [4.78, 5) is 23.1. The molecule has 104 valence electrons. The van der Waals surface area contributed by atoms with Crippen LogP contribution in [-0.4, -0.2) is 23.9 Å². The first-order valence-electron chi connectivity index (χ1n) is 6.02. The van der Waals surface area contributed by atoms with Crippen LogP contribution in [0.4, 0.5) is 17.1 Å². The van der Waals surface area contributed by atoms with E-state index in [0.29, 0.717) is 12.2 Å². The number of amides is 1. The summed E-state index contributed by atoms with van der Waals surface area (Å²) in [7, 11) is 0. The largest absolute Gasteiger partial charge is 0.398 e. The quantitative estimate of drug-likeness (QED) is 0.438.